The fourth-order valence-corrected chi connectivity index (χ4v) is 4.57. The summed E-state index contributed by atoms with van der Waals surface area (Å²) in [6.45, 7) is 3.56. The van der Waals surface area contributed by atoms with Crippen LogP contribution in [0.25, 0.3) is 11.0 Å². The fraction of sp³-hybridized carbons (Fsp3) is 0.222. The van der Waals surface area contributed by atoms with Gasteiger partial charge < -0.3 is 15.6 Å². The average Bonchev–Trinajstić information content (AvgIpc) is 3.30. The van der Waals surface area contributed by atoms with Crippen molar-refractivity contribution >= 4 is 40.0 Å². The first-order valence-electron chi connectivity index (χ1n) is 11.8. The summed E-state index contributed by atoms with van der Waals surface area (Å²) >= 11 is 0. The van der Waals surface area contributed by atoms with E-state index in [1.807, 2.05) is 12.3 Å². The number of anilines is 3. The van der Waals surface area contributed by atoms with Crippen LogP contribution >= 0.6 is 0 Å². The van der Waals surface area contributed by atoms with Crippen molar-refractivity contribution in [1.82, 2.24) is 9.97 Å². The number of nitrogens with zero attached hydrogens (tertiary/aromatic N) is 3. The van der Waals surface area contributed by atoms with E-state index < -0.39 is 0 Å². The van der Waals surface area contributed by atoms with E-state index in [-0.39, 0.29) is 17.7 Å². The topological polar surface area (TPSA) is 128 Å². The minimum absolute atomic E-state index is 0.0408. The highest BCUT2D eigenvalue weighted by molar-refractivity contribution is 6.05. The summed E-state index contributed by atoms with van der Waals surface area (Å²) in [7, 11) is 0. The molecular weight excluding hydrogens is 454 g/mol. The average molecular weight is 481 g/mol. The number of carbonyl (C=O) groups excluding carboxylic acids is 2. The van der Waals surface area contributed by atoms with Gasteiger partial charge in [-0.05, 0) is 67.8 Å². The SMILES string of the molecule is Cc1c[nH]c2nc[nH+]c(N3CCC(C(=O)Nc4cccc(C(=O)Nc5ccc(C#N)cc5)c4)CC3)c12. The van der Waals surface area contributed by atoms with Crippen LogP contribution in [0.15, 0.2) is 61.1 Å². The molecule has 180 valence electrons. The zero-order valence-electron chi connectivity index (χ0n) is 19.8. The standard InChI is InChI=1S/C27H25N7O2/c1-17-15-29-24-23(17)25(31-16-30-24)34-11-9-19(10-12-34)26(35)33-22-4-2-3-20(13-22)27(36)32-21-7-5-18(14-28)6-8-21/h2-8,13,15-16,19H,9-12H2,1H3,(H,32,36)(H,33,35)(H,29,30,31)/p+1. The smallest absolute Gasteiger partial charge is 0.255 e. The maximum absolute atomic E-state index is 13.0. The Kier molecular flexibility index (Phi) is 6.33. The Labute approximate surface area is 208 Å². The highest BCUT2D eigenvalue weighted by Crippen LogP contribution is 2.28. The van der Waals surface area contributed by atoms with Gasteiger partial charge in [-0.2, -0.15) is 5.26 Å². The van der Waals surface area contributed by atoms with Crippen LogP contribution in [0.3, 0.4) is 0 Å². The van der Waals surface area contributed by atoms with E-state index in [1.54, 1.807) is 54.9 Å². The predicted molar refractivity (Wildman–Crippen MR) is 137 cm³/mol. The summed E-state index contributed by atoms with van der Waals surface area (Å²) in [5.74, 6) is 0.589. The molecule has 0 unspecified atom stereocenters. The number of benzene rings is 2. The number of aromatic nitrogens is 3. The highest BCUT2D eigenvalue weighted by atomic mass is 16.2. The molecule has 2 aromatic heterocycles. The lowest BCUT2D eigenvalue weighted by Gasteiger charge is -2.28. The van der Waals surface area contributed by atoms with Gasteiger partial charge in [0.1, 0.15) is 5.39 Å². The zero-order chi connectivity index (χ0) is 25.1. The summed E-state index contributed by atoms with van der Waals surface area (Å²) in [4.78, 5) is 38.7. The molecule has 3 heterocycles. The Hall–Kier alpha value is -4.71. The monoisotopic (exact) mass is 480 g/mol. The number of aromatic amines is 2. The van der Waals surface area contributed by atoms with E-state index in [0.29, 0.717) is 22.5 Å². The third kappa shape index (κ3) is 4.74. The molecule has 0 radical (unpaired) electrons. The van der Waals surface area contributed by atoms with Gasteiger partial charge in [-0.3, -0.25) is 14.5 Å². The number of amides is 2. The maximum Gasteiger partial charge on any atom is 0.255 e. The highest BCUT2D eigenvalue weighted by Gasteiger charge is 2.30. The molecule has 4 N–H and O–H groups in total. The molecule has 0 spiro atoms. The number of hydrogen-bond donors (Lipinski definition) is 3. The molecule has 1 aliphatic rings. The van der Waals surface area contributed by atoms with Crippen molar-refractivity contribution in [3.8, 4) is 6.07 Å². The first kappa shape index (κ1) is 23.1. The number of H-pyrrole nitrogens is 2. The van der Waals surface area contributed by atoms with Crippen molar-refractivity contribution in [2.24, 2.45) is 5.92 Å². The van der Waals surface area contributed by atoms with Crippen LogP contribution in [-0.2, 0) is 4.79 Å². The second kappa shape index (κ2) is 9.88. The first-order valence-corrected chi connectivity index (χ1v) is 11.8. The summed E-state index contributed by atoms with van der Waals surface area (Å²) < 4.78 is 0. The lowest BCUT2D eigenvalue weighted by molar-refractivity contribution is -0.367. The number of piperidine rings is 1. The Balaban J connectivity index is 1.20. The van der Waals surface area contributed by atoms with E-state index >= 15 is 0 Å². The van der Waals surface area contributed by atoms with E-state index in [2.05, 4.69) is 37.4 Å². The van der Waals surface area contributed by atoms with Crippen LogP contribution in [0.5, 0.6) is 0 Å². The molecule has 0 bridgehead atoms. The quantitative estimate of drug-likeness (QED) is 0.402. The molecule has 1 fully saturated rings. The van der Waals surface area contributed by atoms with E-state index in [0.717, 1.165) is 48.3 Å². The van der Waals surface area contributed by atoms with E-state index in [9.17, 15) is 9.59 Å². The number of aryl methyl sites for hydroxylation is 1. The minimum Gasteiger partial charge on any atom is -0.332 e. The van der Waals surface area contributed by atoms with Crippen LogP contribution in [0.4, 0.5) is 17.2 Å². The number of nitrogens with one attached hydrogen (secondary N) is 4. The molecule has 0 atom stereocenters. The van der Waals surface area contributed by atoms with Gasteiger partial charge in [-0.1, -0.05) is 11.1 Å². The largest absolute Gasteiger partial charge is 0.332 e. The maximum atomic E-state index is 13.0. The molecule has 5 rings (SSSR count). The van der Waals surface area contributed by atoms with Crippen LogP contribution in [0.1, 0.15) is 34.3 Å². The van der Waals surface area contributed by atoms with Gasteiger partial charge in [0.05, 0.1) is 24.7 Å². The van der Waals surface area contributed by atoms with Crippen LogP contribution in [0, 0.1) is 24.2 Å². The first-order chi connectivity index (χ1) is 17.5. The normalized spacial score (nSPS) is 13.8. The number of nitriles is 1. The molecular formula is C27H26N7O2+. The predicted octanol–water partition coefficient (Wildman–Crippen LogP) is 3.66. The third-order valence-corrected chi connectivity index (χ3v) is 6.53. The Morgan fingerprint density at radius 2 is 1.89 bits per heavy atom. The van der Waals surface area contributed by atoms with Gasteiger partial charge in [0.25, 0.3) is 5.91 Å². The molecule has 2 aromatic carbocycles. The summed E-state index contributed by atoms with van der Waals surface area (Å²) in [5, 5.41) is 15.8. The van der Waals surface area contributed by atoms with Crippen molar-refractivity contribution in [3.63, 3.8) is 0 Å². The second-order valence-electron chi connectivity index (χ2n) is 8.92. The molecule has 36 heavy (non-hydrogen) atoms. The van der Waals surface area contributed by atoms with Crippen molar-refractivity contribution in [2.75, 3.05) is 28.6 Å². The van der Waals surface area contributed by atoms with Crippen LogP contribution in [0.2, 0.25) is 0 Å². The third-order valence-electron chi connectivity index (χ3n) is 6.53. The van der Waals surface area contributed by atoms with Gasteiger partial charge >= 0.3 is 0 Å². The van der Waals surface area contributed by atoms with Gasteiger partial charge in [0.15, 0.2) is 0 Å². The summed E-state index contributed by atoms with van der Waals surface area (Å²) in [6, 6.07) is 15.6. The minimum atomic E-state index is -0.288. The van der Waals surface area contributed by atoms with Crippen molar-refractivity contribution in [2.45, 2.75) is 19.8 Å². The van der Waals surface area contributed by atoms with Crippen molar-refractivity contribution in [1.29, 1.82) is 5.26 Å². The molecule has 9 nitrogen and oxygen atoms in total. The van der Waals surface area contributed by atoms with Crippen LogP contribution < -0.4 is 20.5 Å². The lowest BCUT2D eigenvalue weighted by atomic mass is 9.95. The summed E-state index contributed by atoms with van der Waals surface area (Å²) in [5.41, 5.74) is 4.12. The molecule has 2 amide bonds. The lowest BCUT2D eigenvalue weighted by Crippen LogP contribution is -2.40. The van der Waals surface area contributed by atoms with Crippen molar-refractivity contribution in [3.05, 3.63) is 77.7 Å². The van der Waals surface area contributed by atoms with E-state index in [4.69, 9.17) is 5.26 Å². The van der Waals surface area contributed by atoms with Gasteiger partial charge in [0, 0.05) is 29.1 Å². The van der Waals surface area contributed by atoms with E-state index in [1.165, 1.54) is 0 Å². The Bertz CT molecular complexity index is 1460. The molecule has 4 aromatic rings. The molecule has 1 saturated heterocycles. The van der Waals surface area contributed by atoms with Gasteiger partial charge in [0.2, 0.25) is 23.7 Å². The van der Waals surface area contributed by atoms with Gasteiger partial charge in [-0.25, -0.2) is 4.98 Å². The number of hydrogen-bond acceptors (Lipinski definition) is 5. The zero-order valence-corrected chi connectivity index (χ0v) is 19.8. The van der Waals surface area contributed by atoms with Crippen LogP contribution in [-0.4, -0.2) is 34.9 Å². The second-order valence-corrected chi connectivity index (χ2v) is 8.92. The number of rotatable bonds is 5. The molecule has 0 aliphatic carbocycles. The fourth-order valence-electron chi connectivity index (χ4n) is 4.57. The number of fused-ring (bicyclic) bond motifs is 1. The van der Waals surface area contributed by atoms with Crippen molar-refractivity contribution < 1.29 is 14.6 Å². The Morgan fingerprint density at radius 1 is 1.11 bits per heavy atom. The van der Waals surface area contributed by atoms with Gasteiger partial charge in [-0.15, -0.1) is 0 Å². The summed E-state index contributed by atoms with van der Waals surface area (Å²) in [6.07, 6.45) is 5.10. The molecule has 0 saturated carbocycles. The Morgan fingerprint density at radius 3 is 2.64 bits per heavy atom. The molecule has 1 aliphatic heterocycles. The molecule has 9 heteroatoms. The number of carbonyl (C=O) groups is 2.